The van der Waals surface area contributed by atoms with Crippen LogP contribution in [0.2, 0.25) is 0 Å². The van der Waals surface area contributed by atoms with Gasteiger partial charge in [0, 0.05) is 28.6 Å². The minimum Gasteiger partial charge on any atom is -0.258 e. The van der Waals surface area contributed by atoms with Crippen LogP contribution in [-0.4, -0.2) is 16.0 Å². The molecule has 6 nitrogen and oxygen atoms in total. The molecule has 0 aliphatic rings. The summed E-state index contributed by atoms with van der Waals surface area (Å²) in [6.07, 6.45) is 1.46. The number of hydrogen-bond donors (Lipinski definition) is 0. The smallest absolute Gasteiger partial charge is 0.258 e. The van der Waals surface area contributed by atoms with Crippen LogP contribution in [0.25, 0.3) is 21.8 Å². The van der Waals surface area contributed by atoms with Crippen molar-refractivity contribution in [3.05, 3.63) is 64.0 Å². The van der Waals surface area contributed by atoms with Crippen molar-refractivity contribution in [1.82, 2.24) is 4.98 Å². The number of nitro groups is 1. The van der Waals surface area contributed by atoms with E-state index in [2.05, 4.69) is 9.98 Å². The molecule has 0 unspecified atom stereocenters. The van der Waals surface area contributed by atoms with Crippen LogP contribution in [0.3, 0.4) is 0 Å². The van der Waals surface area contributed by atoms with E-state index in [1.54, 1.807) is 0 Å². The Morgan fingerprint density at radius 2 is 1.96 bits per heavy atom. The molecule has 0 atom stereocenters. The van der Waals surface area contributed by atoms with Gasteiger partial charge in [-0.15, -0.1) is 11.3 Å². The predicted octanol–water partition coefficient (Wildman–Crippen LogP) is 4.35. The zero-order valence-electron chi connectivity index (χ0n) is 11.7. The fourth-order valence-corrected chi connectivity index (χ4v) is 2.95. The lowest BCUT2D eigenvalue weighted by molar-refractivity contribution is -0.384. The average Bonchev–Trinajstić information content (AvgIpc) is 3.06. The molecule has 0 radical (unpaired) electrons. The number of non-ortho nitro benzene ring substituents is 1. The molecule has 2 aromatic carbocycles. The zero-order valence-corrected chi connectivity index (χ0v) is 12.5. The van der Waals surface area contributed by atoms with Gasteiger partial charge >= 0.3 is 0 Å². The number of carbonyl (C=O) groups excluding carboxylic acids is 1. The molecular weight excluding hydrogens is 314 g/mol. The van der Waals surface area contributed by atoms with E-state index in [1.165, 1.54) is 35.6 Å². The third-order valence-corrected chi connectivity index (χ3v) is 4.04. The van der Waals surface area contributed by atoms with Gasteiger partial charge in [0.1, 0.15) is 5.01 Å². The molecule has 0 bridgehead atoms. The second-order valence-electron chi connectivity index (χ2n) is 4.57. The molecule has 3 aromatic rings. The summed E-state index contributed by atoms with van der Waals surface area (Å²) in [6, 6.07) is 13.7. The molecule has 7 heteroatoms. The fraction of sp³-hybridized carbons (Fsp3) is 0. The van der Waals surface area contributed by atoms with E-state index < -0.39 is 4.92 Å². The van der Waals surface area contributed by atoms with E-state index in [9.17, 15) is 14.9 Å². The summed E-state index contributed by atoms with van der Waals surface area (Å²) in [5.41, 5.74) is 2.37. The topological polar surface area (TPSA) is 85.5 Å². The average molecular weight is 323 g/mol. The van der Waals surface area contributed by atoms with E-state index in [0.29, 0.717) is 16.3 Å². The summed E-state index contributed by atoms with van der Waals surface area (Å²) < 4.78 is 0. The van der Waals surface area contributed by atoms with Crippen molar-refractivity contribution in [2.75, 3.05) is 0 Å². The SMILES string of the molecule is O=C=Nc1ccc([N+](=O)[O-])cc1-c1nc(-c2ccccc2)cs1. The molecule has 112 valence electrons. The largest absolute Gasteiger partial charge is 0.270 e. The number of nitrogens with zero attached hydrogens (tertiary/aromatic N) is 3. The number of nitro benzene ring substituents is 1. The molecular formula is C16H9N3O3S. The quantitative estimate of drug-likeness (QED) is 0.309. The normalized spacial score (nSPS) is 10.1. The van der Waals surface area contributed by atoms with Crippen molar-refractivity contribution in [2.24, 2.45) is 4.99 Å². The second-order valence-corrected chi connectivity index (χ2v) is 5.42. The van der Waals surface area contributed by atoms with Gasteiger partial charge in [-0.3, -0.25) is 10.1 Å². The Morgan fingerprint density at radius 1 is 1.17 bits per heavy atom. The maximum atomic E-state index is 11.0. The zero-order chi connectivity index (χ0) is 16.2. The van der Waals surface area contributed by atoms with E-state index in [0.717, 1.165) is 11.3 Å². The van der Waals surface area contributed by atoms with E-state index in [-0.39, 0.29) is 5.69 Å². The molecule has 0 aliphatic heterocycles. The number of hydrogen-bond acceptors (Lipinski definition) is 6. The lowest BCUT2D eigenvalue weighted by Crippen LogP contribution is -1.89. The first-order chi connectivity index (χ1) is 11.2. The van der Waals surface area contributed by atoms with Gasteiger partial charge in [0.25, 0.3) is 5.69 Å². The summed E-state index contributed by atoms with van der Waals surface area (Å²) in [6.45, 7) is 0. The van der Waals surface area contributed by atoms with E-state index in [4.69, 9.17) is 0 Å². The summed E-state index contributed by atoms with van der Waals surface area (Å²) in [5, 5.41) is 13.4. The van der Waals surface area contributed by atoms with Crippen molar-refractivity contribution in [3.8, 4) is 21.8 Å². The van der Waals surface area contributed by atoms with Crippen LogP contribution in [0.15, 0.2) is 58.9 Å². The lowest BCUT2D eigenvalue weighted by atomic mass is 10.1. The first kappa shape index (κ1) is 14.8. The van der Waals surface area contributed by atoms with Crippen molar-refractivity contribution in [3.63, 3.8) is 0 Å². The maximum Gasteiger partial charge on any atom is 0.270 e. The molecule has 1 heterocycles. The predicted molar refractivity (Wildman–Crippen MR) is 87.4 cm³/mol. The van der Waals surface area contributed by atoms with Crippen LogP contribution < -0.4 is 0 Å². The van der Waals surface area contributed by atoms with Crippen molar-refractivity contribution in [2.45, 2.75) is 0 Å². The van der Waals surface area contributed by atoms with Crippen molar-refractivity contribution < 1.29 is 9.72 Å². The highest BCUT2D eigenvalue weighted by molar-refractivity contribution is 7.13. The third kappa shape index (κ3) is 3.06. The fourth-order valence-electron chi connectivity index (χ4n) is 2.09. The van der Waals surface area contributed by atoms with Gasteiger partial charge in [-0.1, -0.05) is 30.3 Å². The van der Waals surface area contributed by atoms with Gasteiger partial charge in [-0.2, -0.15) is 4.99 Å². The molecule has 23 heavy (non-hydrogen) atoms. The van der Waals surface area contributed by atoms with Crippen LogP contribution in [0.5, 0.6) is 0 Å². The maximum absolute atomic E-state index is 11.0. The Balaban J connectivity index is 2.11. The Kier molecular flexibility index (Phi) is 4.05. The van der Waals surface area contributed by atoms with Gasteiger partial charge in [-0.05, 0) is 6.07 Å². The highest BCUT2D eigenvalue weighted by atomic mass is 32.1. The minimum absolute atomic E-state index is 0.0821. The van der Waals surface area contributed by atoms with Gasteiger partial charge in [0.2, 0.25) is 6.08 Å². The Morgan fingerprint density at radius 3 is 2.65 bits per heavy atom. The number of aliphatic imine (C=N–C) groups is 1. The van der Waals surface area contributed by atoms with Gasteiger partial charge in [0.15, 0.2) is 0 Å². The van der Waals surface area contributed by atoms with Gasteiger partial charge in [-0.25, -0.2) is 9.78 Å². The van der Waals surface area contributed by atoms with Crippen molar-refractivity contribution in [1.29, 1.82) is 0 Å². The number of aromatic nitrogens is 1. The van der Waals surface area contributed by atoms with Gasteiger partial charge in [0.05, 0.1) is 16.3 Å². The number of isocyanates is 1. The molecule has 3 rings (SSSR count). The molecule has 0 aliphatic carbocycles. The minimum atomic E-state index is -0.496. The summed E-state index contributed by atoms with van der Waals surface area (Å²) >= 11 is 1.33. The van der Waals surface area contributed by atoms with Gasteiger partial charge < -0.3 is 0 Å². The summed E-state index contributed by atoms with van der Waals surface area (Å²) in [5.74, 6) is 0. The summed E-state index contributed by atoms with van der Waals surface area (Å²) in [7, 11) is 0. The number of thiazole rings is 1. The molecule has 0 spiro atoms. The highest BCUT2D eigenvalue weighted by Gasteiger charge is 2.15. The molecule has 0 saturated heterocycles. The number of benzene rings is 2. The first-order valence-electron chi connectivity index (χ1n) is 6.56. The Bertz CT molecular complexity index is 915. The van der Waals surface area contributed by atoms with Crippen LogP contribution in [-0.2, 0) is 4.79 Å². The lowest BCUT2D eigenvalue weighted by Gasteiger charge is -2.01. The first-order valence-corrected chi connectivity index (χ1v) is 7.44. The third-order valence-electron chi connectivity index (χ3n) is 3.16. The van der Waals surface area contributed by atoms with E-state index >= 15 is 0 Å². The van der Waals surface area contributed by atoms with Crippen LogP contribution in [0.4, 0.5) is 11.4 Å². The summed E-state index contributed by atoms with van der Waals surface area (Å²) in [4.78, 5) is 29.1. The standard InChI is InChI=1S/C16H9N3O3S/c20-10-17-14-7-6-12(19(21)22)8-13(14)16-18-15(9-23-16)11-4-2-1-3-5-11/h1-9H. The second kappa shape index (κ2) is 6.31. The van der Waals surface area contributed by atoms with Crippen LogP contribution in [0, 0.1) is 10.1 Å². The molecule has 1 aromatic heterocycles. The van der Waals surface area contributed by atoms with E-state index in [1.807, 2.05) is 35.7 Å². The monoisotopic (exact) mass is 323 g/mol. The van der Waals surface area contributed by atoms with Crippen LogP contribution in [0.1, 0.15) is 0 Å². The van der Waals surface area contributed by atoms with Crippen LogP contribution >= 0.6 is 11.3 Å². The highest BCUT2D eigenvalue weighted by Crippen LogP contribution is 2.36. The Labute approximate surface area is 134 Å². The molecule has 0 amide bonds. The van der Waals surface area contributed by atoms with Crippen molar-refractivity contribution >= 4 is 28.8 Å². The number of rotatable bonds is 4. The Hall–Kier alpha value is -3.15. The molecule has 0 fully saturated rings. The molecule has 0 saturated carbocycles. The molecule has 0 N–H and O–H groups in total.